The summed E-state index contributed by atoms with van der Waals surface area (Å²) in [6.45, 7) is 7.05. The summed E-state index contributed by atoms with van der Waals surface area (Å²) < 4.78 is 5.30. The summed E-state index contributed by atoms with van der Waals surface area (Å²) in [5.41, 5.74) is 6.56. The lowest BCUT2D eigenvalue weighted by atomic mass is 9.95. The second-order valence-corrected chi connectivity index (χ2v) is 9.10. The Morgan fingerprint density at radius 1 is 1.06 bits per heavy atom. The predicted molar refractivity (Wildman–Crippen MR) is 132 cm³/mol. The van der Waals surface area contributed by atoms with Gasteiger partial charge in [-0.15, -0.1) is 0 Å². The Bertz CT molecular complexity index is 1340. The van der Waals surface area contributed by atoms with E-state index in [2.05, 4.69) is 37.9 Å². The number of carbonyl (C=O) groups is 1. The van der Waals surface area contributed by atoms with E-state index >= 15 is 0 Å². The first kappa shape index (κ1) is 21.3. The van der Waals surface area contributed by atoms with E-state index < -0.39 is 5.54 Å². The number of likely N-dealkylation sites (tertiary alicyclic amines) is 1. The zero-order chi connectivity index (χ0) is 23.2. The fourth-order valence-electron chi connectivity index (χ4n) is 4.94. The highest BCUT2D eigenvalue weighted by atomic mass is 16.5. The van der Waals surface area contributed by atoms with Gasteiger partial charge in [-0.05, 0) is 80.1 Å². The van der Waals surface area contributed by atoms with Crippen molar-refractivity contribution in [1.29, 1.82) is 0 Å². The normalized spacial score (nSPS) is 18.1. The van der Waals surface area contributed by atoms with Gasteiger partial charge in [0.2, 0.25) is 0 Å². The van der Waals surface area contributed by atoms with Crippen LogP contribution in [-0.2, 0) is 5.54 Å². The third kappa shape index (κ3) is 3.48. The number of ether oxygens (including phenoxy) is 1. The number of nitrogens with zero attached hydrogens (tertiary/aromatic N) is 2. The van der Waals surface area contributed by atoms with Crippen LogP contribution in [0.15, 0.2) is 60.7 Å². The molecular weight excluding hydrogens is 410 g/mol. The fourth-order valence-corrected chi connectivity index (χ4v) is 4.94. The van der Waals surface area contributed by atoms with Crippen molar-refractivity contribution >= 4 is 16.9 Å². The molecule has 33 heavy (non-hydrogen) atoms. The maximum atomic E-state index is 13.9. The van der Waals surface area contributed by atoms with E-state index in [4.69, 9.17) is 9.72 Å². The quantitative estimate of drug-likeness (QED) is 0.424. The van der Waals surface area contributed by atoms with Gasteiger partial charge in [-0.3, -0.25) is 4.79 Å². The largest absolute Gasteiger partial charge is 0.497 e. The number of methoxy groups -OCH3 is 1. The number of benzene rings is 3. The molecule has 168 valence electrons. The molecule has 0 spiro atoms. The number of imidazole rings is 1. The topological polar surface area (TPSA) is 58.2 Å². The van der Waals surface area contributed by atoms with Crippen LogP contribution in [0.4, 0.5) is 0 Å². The van der Waals surface area contributed by atoms with Crippen LogP contribution in [0.2, 0.25) is 0 Å². The molecule has 4 aromatic rings. The highest BCUT2D eigenvalue weighted by molar-refractivity contribution is 6.01. The van der Waals surface area contributed by atoms with Crippen LogP contribution in [0.3, 0.4) is 0 Å². The smallest absolute Gasteiger partial charge is 0.255 e. The number of fused-ring (bicyclic) bond motifs is 1. The maximum absolute atomic E-state index is 13.9. The Labute approximate surface area is 194 Å². The van der Waals surface area contributed by atoms with Crippen molar-refractivity contribution in [3.05, 3.63) is 83.2 Å². The first-order valence-corrected chi connectivity index (χ1v) is 11.4. The van der Waals surface area contributed by atoms with Gasteiger partial charge in [0.25, 0.3) is 5.91 Å². The predicted octanol–water partition coefficient (Wildman–Crippen LogP) is 6.01. The summed E-state index contributed by atoms with van der Waals surface area (Å²) in [7, 11) is 1.65. The third-order valence-corrected chi connectivity index (χ3v) is 7.13. The molecule has 2 heterocycles. The molecule has 0 bridgehead atoms. The molecule has 1 aromatic heterocycles. The van der Waals surface area contributed by atoms with E-state index in [1.54, 1.807) is 7.11 Å². The minimum absolute atomic E-state index is 0.0368. The van der Waals surface area contributed by atoms with Gasteiger partial charge in [0.05, 0.1) is 23.7 Å². The summed E-state index contributed by atoms with van der Waals surface area (Å²) in [4.78, 5) is 24.5. The standard InChI is InChI=1S/C28H29N3O2/c1-18-10-15-24-25(19(18)2)30-27(29-24)28(3)16-7-17-31(28)26(32)23-9-6-5-8-22(23)20-11-13-21(33-4)14-12-20/h5-6,8-15H,7,16-17H2,1-4H3,(H,29,30)/t28-/m0/s1. The Kier molecular flexibility index (Phi) is 5.20. The Morgan fingerprint density at radius 2 is 1.82 bits per heavy atom. The molecular formula is C28H29N3O2. The molecule has 0 unspecified atom stereocenters. The molecule has 5 nitrogen and oxygen atoms in total. The Hall–Kier alpha value is -3.60. The van der Waals surface area contributed by atoms with Gasteiger partial charge in [0.15, 0.2) is 0 Å². The molecule has 0 radical (unpaired) electrons. The average molecular weight is 440 g/mol. The Morgan fingerprint density at radius 3 is 2.58 bits per heavy atom. The number of amides is 1. The third-order valence-electron chi connectivity index (χ3n) is 7.13. The van der Waals surface area contributed by atoms with Gasteiger partial charge in [-0.1, -0.05) is 36.4 Å². The zero-order valence-electron chi connectivity index (χ0n) is 19.6. The number of rotatable bonds is 4. The SMILES string of the molecule is COc1ccc(-c2ccccc2C(=O)N2CCC[C@@]2(C)c2nc3c(C)c(C)ccc3[nH]2)cc1. The van der Waals surface area contributed by atoms with Crippen LogP contribution in [0, 0.1) is 13.8 Å². The molecule has 0 aliphatic carbocycles. The second-order valence-electron chi connectivity index (χ2n) is 9.10. The van der Waals surface area contributed by atoms with Crippen LogP contribution < -0.4 is 4.74 Å². The van der Waals surface area contributed by atoms with E-state index in [9.17, 15) is 4.79 Å². The molecule has 1 N–H and O–H groups in total. The molecule has 1 aliphatic heterocycles. The van der Waals surface area contributed by atoms with Crippen molar-refractivity contribution in [3.63, 3.8) is 0 Å². The number of nitrogens with one attached hydrogen (secondary N) is 1. The number of H-pyrrole nitrogens is 1. The van der Waals surface area contributed by atoms with Crippen LogP contribution in [0.1, 0.15) is 47.1 Å². The number of aromatic nitrogens is 2. The molecule has 5 heteroatoms. The monoisotopic (exact) mass is 439 g/mol. The fraction of sp³-hybridized carbons (Fsp3) is 0.286. The first-order chi connectivity index (χ1) is 15.9. The minimum atomic E-state index is -0.483. The minimum Gasteiger partial charge on any atom is -0.497 e. The highest BCUT2D eigenvalue weighted by Gasteiger charge is 2.44. The van der Waals surface area contributed by atoms with Crippen molar-refractivity contribution in [2.24, 2.45) is 0 Å². The Balaban J connectivity index is 1.55. The molecule has 3 aromatic carbocycles. The van der Waals surface area contributed by atoms with Crippen LogP contribution >= 0.6 is 0 Å². The van der Waals surface area contributed by atoms with Gasteiger partial charge >= 0.3 is 0 Å². The van der Waals surface area contributed by atoms with Crippen molar-refractivity contribution in [3.8, 4) is 16.9 Å². The van der Waals surface area contributed by atoms with Gasteiger partial charge < -0.3 is 14.6 Å². The summed E-state index contributed by atoms with van der Waals surface area (Å²) in [6.07, 6.45) is 1.82. The van der Waals surface area contributed by atoms with Gasteiger partial charge in [0.1, 0.15) is 11.6 Å². The van der Waals surface area contributed by atoms with E-state index in [1.807, 2.05) is 53.4 Å². The zero-order valence-corrected chi connectivity index (χ0v) is 19.6. The van der Waals surface area contributed by atoms with Crippen LogP contribution in [0.25, 0.3) is 22.2 Å². The molecule has 1 atom stereocenters. The number of carbonyl (C=O) groups excluding carboxylic acids is 1. The van der Waals surface area contributed by atoms with E-state index in [1.165, 1.54) is 11.1 Å². The lowest BCUT2D eigenvalue weighted by Crippen LogP contribution is -2.43. The van der Waals surface area contributed by atoms with Gasteiger partial charge in [0, 0.05) is 12.1 Å². The van der Waals surface area contributed by atoms with Crippen LogP contribution in [0.5, 0.6) is 5.75 Å². The van der Waals surface area contributed by atoms with Crippen molar-refractivity contribution in [1.82, 2.24) is 14.9 Å². The van der Waals surface area contributed by atoms with Crippen molar-refractivity contribution in [2.45, 2.75) is 39.2 Å². The lowest BCUT2D eigenvalue weighted by molar-refractivity contribution is 0.0607. The molecule has 1 aliphatic rings. The first-order valence-electron chi connectivity index (χ1n) is 11.4. The molecule has 1 saturated heterocycles. The number of hydrogen-bond donors (Lipinski definition) is 1. The summed E-state index contributed by atoms with van der Waals surface area (Å²) in [5.74, 6) is 1.69. The second kappa shape index (κ2) is 8.07. The molecule has 1 amide bonds. The van der Waals surface area contributed by atoms with Crippen molar-refractivity contribution in [2.75, 3.05) is 13.7 Å². The van der Waals surface area contributed by atoms with E-state index in [0.717, 1.165) is 46.6 Å². The summed E-state index contributed by atoms with van der Waals surface area (Å²) in [6, 6.07) is 19.9. The lowest BCUT2D eigenvalue weighted by Gasteiger charge is -2.34. The maximum Gasteiger partial charge on any atom is 0.255 e. The number of aryl methyl sites for hydroxylation is 2. The number of hydrogen-bond acceptors (Lipinski definition) is 3. The average Bonchev–Trinajstić information content (AvgIpc) is 3.46. The summed E-state index contributed by atoms with van der Waals surface area (Å²) >= 11 is 0. The van der Waals surface area contributed by atoms with Gasteiger partial charge in [-0.25, -0.2) is 4.98 Å². The van der Waals surface area contributed by atoms with E-state index in [0.29, 0.717) is 12.1 Å². The molecule has 1 fully saturated rings. The van der Waals surface area contributed by atoms with Crippen molar-refractivity contribution < 1.29 is 9.53 Å². The highest BCUT2D eigenvalue weighted by Crippen LogP contribution is 2.40. The summed E-state index contributed by atoms with van der Waals surface area (Å²) in [5, 5.41) is 0. The molecule has 0 saturated carbocycles. The van der Waals surface area contributed by atoms with Gasteiger partial charge in [-0.2, -0.15) is 0 Å². The van der Waals surface area contributed by atoms with Crippen LogP contribution in [-0.4, -0.2) is 34.4 Å². The molecule has 5 rings (SSSR count). The number of aromatic amines is 1. The van der Waals surface area contributed by atoms with E-state index in [-0.39, 0.29) is 5.91 Å².